The Kier molecular flexibility index (Phi) is 7.15. The maximum atomic E-state index is 12.4. The predicted octanol–water partition coefficient (Wildman–Crippen LogP) is 4.55. The summed E-state index contributed by atoms with van der Waals surface area (Å²) >= 11 is 0. The van der Waals surface area contributed by atoms with Gasteiger partial charge in [0.1, 0.15) is 0 Å². The first kappa shape index (κ1) is 21.9. The summed E-state index contributed by atoms with van der Waals surface area (Å²) in [5.74, 6) is 0.681. The van der Waals surface area contributed by atoms with Crippen LogP contribution >= 0.6 is 0 Å². The Labute approximate surface area is 178 Å². The highest BCUT2D eigenvalue weighted by Gasteiger charge is 2.31. The molecule has 3 amide bonds. The van der Waals surface area contributed by atoms with Crippen LogP contribution in [0.3, 0.4) is 0 Å². The zero-order valence-electron chi connectivity index (χ0n) is 18.0. The van der Waals surface area contributed by atoms with E-state index in [0.717, 1.165) is 19.0 Å². The van der Waals surface area contributed by atoms with Crippen molar-refractivity contribution in [1.82, 2.24) is 10.2 Å². The van der Waals surface area contributed by atoms with Crippen LogP contribution in [0.5, 0.6) is 0 Å². The molecule has 0 spiro atoms. The first-order valence-corrected chi connectivity index (χ1v) is 10.6. The molecule has 1 aromatic heterocycles. The van der Waals surface area contributed by atoms with Crippen LogP contribution in [0.1, 0.15) is 50.6 Å². The maximum absolute atomic E-state index is 12.4. The van der Waals surface area contributed by atoms with E-state index in [-0.39, 0.29) is 23.2 Å². The number of furan rings is 1. The van der Waals surface area contributed by atoms with Crippen molar-refractivity contribution in [3.63, 3.8) is 0 Å². The van der Waals surface area contributed by atoms with E-state index in [1.807, 2.05) is 0 Å². The van der Waals surface area contributed by atoms with Gasteiger partial charge in [0, 0.05) is 30.0 Å². The average Bonchev–Trinajstić information content (AvgIpc) is 3.29. The molecule has 0 saturated carbocycles. The van der Waals surface area contributed by atoms with Crippen LogP contribution in [-0.4, -0.2) is 42.0 Å². The topological polar surface area (TPSA) is 86.6 Å². The van der Waals surface area contributed by atoms with Crippen LogP contribution < -0.4 is 16.0 Å². The van der Waals surface area contributed by atoms with E-state index in [0.29, 0.717) is 17.9 Å². The first-order valence-electron chi connectivity index (χ1n) is 10.6. The second-order valence-electron chi connectivity index (χ2n) is 8.49. The lowest BCUT2D eigenvalue weighted by molar-refractivity contribution is 0.0669. The summed E-state index contributed by atoms with van der Waals surface area (Å²) in [6, 6.07) is 9.99. The van der Waals surface area contributed by atoms with E-state index < -0.39 is 0 Å². The van der Waals surface area contributed by atoms with Gasteiger partial charge in [-0.2, -0.15) is 0 Å². The molecule has 0 unspecified atom stereocenters. The second-order valence-corrected chi connectivity index (χ2v) is 8.49. The number of hydrogen-bond donors (Lipinski definition) is 3. The van der Waals surface area contributed by atoms with Gasteiger partial charge < -0.3 is 20.4 Å². The first-order chi connectivity index (χ1) is 14.4. The van der Waals surface area contributed by atoms with Gasteiger partial charge in [0.05, 0.1) is 6.26 Å². The molecule has 1 atom stereocenters. The summed E-state index contributed by atoms with van der Waals surface area (Å²) in [5.41, 5.74) is 1.19. The Morgan fingerprint density at radius 1 is 1.13 bits per heavy atom. The van der Waals surface area contributed by atoms with Gasteiger partial charge in [-0.05, 0) is 75.5 Å². The van der Waals surface area contributed by atoms with Crippen molar-refractivity contribution >= 4 is 23.3 Å². The number of carbonyl (C=O) groups excluding carboxylic acids is 2. The molecule has 0 aliphatic carbocycles. The number of benzene rings is 1. The highest BCUT2D eigenvalue weighted by Crippen LogP contribution is 2.25. The minimum Gasteiger partial charge on any atom is -0.459 e. The van der Waals surface area contributed by atoms with E-state index in [4.69, 9.17) is 4.42 Å². The van der Waals surface area contributed by atoms with Crippen molar-refractivity contribution in [2.24, 2.45) is 5.92 Å². The quantitative estimate of drug-likeness (QED) is 0.622. The van der Waals surface area contributed by atoms with E-state index in [1.165, 1.54) is 25.5 Å². The zero-order chi connectivity index (χ0) is 21.6. The fourth-order valence-corrected chi connectivity index (χ4v) is 3.77. The average molecular weight is 413 g/mol. The Morgan fingerprint density at radius 3 is 2.47 bits per heavy atom. The standard InChI is InChI=1S/C23H32N4O3/c1-4-17-7-5-13-27(15-17)23(2,3)16-24-22(29)26-19-11-9-18(10-12-19)25-21(28)20-8-6-14-30-20/h6,8-12,14,17H,4-5,7,13,15-16H2,1-3H3,(H,25,28)(H2,24,26,29)/t17-/m1/s1. The number of amides is 3. The molecule has 7 heteroatoms. The number of rotatable bonds is 7. The summed E-state index contributed by atoms with van der Waals surface area (Å²) in [6.45, 7) is 9.37. The van der Waals surface area contributed by atoms with Crippen LogP contribution in [0, 0.1) is 5.92 Å². The summed E-state index contributed by atoms with van der Waals surface area (Å²) in [4.78, 5) is 26.8. The molecule has 3 N–H and O–H groups in total. The highest BCUT2D eigenvalue weighted by molar-refractivity contribution is 6.02. The molecular weight excluding hydrogens is 380 g/mol. The number of carbonyl (C=O) groups is 2. The predicted molar refractivity (Wildman–Crippen MR) is 119 cm³/mol. The van der Waals surface area contributed by atoms with Gasteiger partial charge in [0.15, 0.2) is 5.76 Å². The van der Waals surface area contributed by atoms with Crippen molar-refractivity contribution in [3.05, 3.63) is 48.4 Å². The second kappa shape index (κ2) is 9.80. The molecule has 2 heterocycles. The van der Waals surface area contributed by atoms with Crippen molar-refractivity contribution in [1.29, 1.82) is 0 Å². The van der Waals surface area contributed by atoms with Gasteiger partial charge in [-0.3, -0.25) is 9.69 Å². The summed E-state index contributed by atoms with van der Waals surface area (Å²) in [7, 11) is 0. The molecule has 0 bridgehead atoms. The van der Waals surface area contributed by atoms with Crippen molar-refractivity contribution < 1.29 is 14.0 Å². The van der Waals surface area contributed by atoms with Gasteiger partial charge in [0.2, 0.25) is 0 Å². The molecule has 1 aromatic carbocycles. The Hall–Kier alpha value is -2.80. The highest BCUT2D eigenvalue weighted by atomic mass is 16.3. The summed E-state index contributed by atoms with van der Waals surface area (Å²) in [6.07, 6.45) is 5.18. The minimum absolute atomic E-state index is 0.0921. The molecule has 162 valence electrons. The van der Waals surface area contributed by atoms with Crippen LogP contribution in [0.15, 0.2) is 47.1 Å². The SMILES string of the molecule is CC[C@@H]1CCCN(C(C)(C)CNC(=O)Nc2ccc(NC(=O)c3ccco3)cc2)C1. The number of nitrogens with one attached hydrogen (secondary N) is 3. The van der Waals surface area contributed by atoms with Crippen LogP contribution in [-0.2, 0) is 0 Å². The van der Waals surface area contributed by atoms with E-state index >= 15 is 0 Å². The third-order valence-electron chi connectivity index (χ3n) is 5.78. The van der Waals surface area contributed by atoms with Crippen LogP contribution in [0.2, 0.25) is 0 Å². The summed E-state index contributed by atoms with van der Waals surface area (Å²) < 4.78 is 5.07. The lowest BCUT2D eigenvalue weighted by Crippen LogP contribution is -2.55. The van der Waals surface area contributed by atoms with E-state index in [9.17, 15) is 9.59 Å². The molecule has 30 heavy (non-hydrogen) atoms. The van der Waals surface area contributed by atoms with Crippen LogP contribution in [0.25, 0.3) is 0 Å². The smallest absolute Gasteiger partial charge is 0.319 e. The number of piperidine rings is 1. The van der Waals surface area contributed by atoms with Gasteiger partial charge in [-0.1, -0.05) is 13.3 Å². The third kappa shape index (κ3) is 5.86. The number of nitrogens with zero attached hydrogens (tertiary/aromatic N) is 1. The zero-order valence-corrected chi connectivity index (χ0v) is 18.0. The van der Waals surface area contributed by atoms with E-state index in [1.54, 1.807) is 36.4 Å². The lowest BCUT2D eigenvalue weighted by Gasteiger charge is -2.43. The maximum Gasteiger partial charge on any atom is 0.319 e. The molecule has 3 rings (SSSR count). The summed E-state index contributed by atoms with van der Waals surface area (Å²) in [5, 5.41) is 8.59. The number of urea groups is 1. The van der Waals surface area contributed by atoms with Crippen LogP contribution in [0.4, 0.5) is 16.2 Å². The van der Waals surface area contributed by atoms with Gasteiger partial charge in [-0.15, -0.1) is 0 Å². The van der Waals surface area contributed by atoms with Gasteiger partial charge >= 0.3 is 6.03 Å². The van der Waals surface area contributed by atoms with Gasteiger partial charge in [0.25, 0.3) is 5.91 Å². The third-order valence-corrected chi connectivity index (χ3v) is 5.78. The van der Waals surface area contributed by atoms with Crippen molar-refractivity contribution in [2.45, 2.75) is 45.6 Å². The monoisotopic (exact) mass is 412 g/mol. The number of hydrogen-bond acceptors (Lipinski definition) is 4. The molecule has 1 saturated heterocycles. The molecule has 1 aliphatic heterocycles. The Balaban J connectivity index is 1.47. The molecule has 1 fully saturated rings. The minimum atomic E-state index is -0.316. The fraction of sp³-hybridized carbons (Fsp3) is 0.478. The van der Waals surface area contributed by atoms with Crippen molar-refractivity contribution in [3.8, 4) is 0 Å². The molecule has 0 radical (unpaired) electrons. The lowest BCUT2D eigenvalue weighted by atomic mass is 9.91. The normalized spacial score (nSPS) is 17.4. The van der Waals surface area contributed by atoms with Crippen molar-refractivity contribution in [2.75, 3.05) is 30.3 Å². The molecule has 2 aromatic rings. The Morgan fingerprint density at radius 2 is 1.83 bits per heavy atom. The molecule has 7 nitrogen and oxygen atoms in total. The van der Waals surface area contributed by atoms with E-state index in [2.05, 4.69) is 41.6 Å². The Bertz CT molecular complexity index is 831. The number of anilines is 2. The molecular formula is C23H32N4O3. The largest absolute Gasteiger partial charge is 0.459 e. The number of likely N-dealkylation sites (tertiary alicyclic amines) is 1. The van der Waals surface area contributed by atoms with Gasteiger partial charge in [-0.25, -0.2) is 4.79 Å². The molecule has 1 aliphatic rings. The fourth-order valence-electron chi connectivity index (χ4n) is 3.77.